The van der Waals surface area contributed by atoms with Crippen LogP contribution < -0.4 is 5.32 Å². The largest absolute Gasteiger partial charge is 0.508 e. The van der Waals surface area contributed by atoms with Gasteiger partial charge >= 0.3 is 5.97 Å². The molecule has 0 fully saturated rings. The molecular formula is C13H18BrNO3. The number of rotatable bonds is 6. The van der Waals surface area contributed by atoms with Crippen LogP contribution in [0.1, 0.15) is 31.4 Å². The third-order valence-corrected chi connectivity index (χ3v) is 3.21. The van der Waals surface area contributed by atoms with Crippen molar-refractivity contribution in [2.75, 3.05) is 13.7 Å². The predicted octanol–water partition coefficient (Wildman–Crippen LogP) is 2.76. The summed E-state index contributed by atoms with van der Waals surface area (Å²) in [4.78, 5) is 11.0. The first-order valence-corrected chi connectivity index (χ1v) is 6.66. The Morgan fingerprint density at radius 1 is 1.56 bits per heavy atom. The van der Waals surface area contributed by atoms with Crippen molar-refractivity contribution in [1.29, 1.82) is 0 Å². The monoisotopic (exact) mass is 315 g/mol. The van der Waals surface area contributed by atoms with Crippen molar-refractivity contribution in [3.05, 3.63) is 28.2 Å². The Morgan fingerprint density at radius 3 is 2.89 bits per heavy atom. The number of phenolic OH excluding ortho intramolecular Hbond substituents is 1. The smallest absolute Gasteiger partial charge is 0.306 e. The molecule has 0 aliphatic rings. The number of phenols is 1. The average Bonchev–Trinajstić information content (AvgIpc) is 2.37. The zero-order valence-electron chi connectivity index (χ0n) is 10.6. The lowest BCUT2D eigenvalue weighted by Gasteiger charge is -2.18. The molecular weight excluding hydrogens is 298 g/mol. The number of aromatic hydroxyl groups is 1. The molecule has 1 atom stereocenters. The highest BCUT2D eigenvalue weighted by atomic mass is 79.9. The molecule has 1 aromatic carbocycles. The molecule has 4 nitrogen and oxygen atoms in total. The van der Waals surface area contributed by atoms with Crippen LogP contribution in [0.15, 0.2) is 22.7 Å². The number of halogens is 1. The van der Waals surface area contributed by atoms with Crippen molar-refractivity contribution in [2.45, 2.75) is 25.8 Å². The Labute approximate surface area is 115 Å². The summed E-state index contributed by atoms with van der Waals surface area (Å²) in [5.41, 5.74) is 0.830. The van der Waals surface area contributed by atoms with Crippen molar-refractivity contribution >= 4 is 21.9 Å². The zero-order chi connectivity index (χ0) is 13.5. The average molecular weight is 316 g/mol. The number of hydrogen-bond acceptors (Lipinski definition) is 4. The normalized spacial score (nSPS) is 12.2. The van der Waals surface area contributed by atoms with Crippen LogP contribution in [0.4, 0.5) is 0 Å². The SMILES string of the molecule is CCC(NCCC(=O)OC)c1cc(Br)ccc1O. The first kappa shape index (κ1) is 15.0. The van der Waals surface area contributed by atoms with E-state index in [9.17, 15) is 9.90 Å². The molecule has 1 aromatic rings. The molecule has 1 unspecified atom stereocenters. The Kier molecular flexibility index (Phi) is 6.15. The Balaban J connectivity index is 2.65. The van der Waals surface area contributed by atoms with Gasteiger partial charge in [0.15, 0.2) is 0 Å². The van der Waals surface area contributed by atoms with Crippen molar-refractivity contribution < 1.29 is 14.6 Å². The molecule has 18 heavy (non-hydrogen) atoms. The second kappa shape index (κ2) is 7.38. The van der Waals surface area contributed by atoms with E-state index in [4.69, 9.17) is 0 Å². The van der Waals surface area contributed by atoms with Gasteiger partial charge in [0.2, 0.25) is 0 Å². The first-order chi connectivity index (χ1) is 8.58. The number of ether oxygens (including phenoxy) is 1. The molecule has 0 bridgehead atoms. The summed E-state index contributed by atoms with van der Waals surface area (Å²) >= 11 is 3.38. The standard InChI is InChI=1S/C13H18BrNO3/c1-3-11(15-7-6-13(17)18-2)10-8-9(14)4-5-12(10)16/h4-5,8,11,15-16H,3,6-7H2,1-2H3. The molecule has 5 heteroatoms. The van der Waals surface area contributed by atoms with Crippen LogP contribution in [0.25, 0.3) is 0 Å². The maximum Gasteiger partial charge on any atom is 0.306 e. The summed E-state index contributed by atoms with van der Waals surface area (Å²) in [6.45, 7) is 2.55. The number of methoxy groups -OCH3 is 1. The van der Waals surface area contributed by atoms with Crippen molar-refractivity contribution in [2.24, 2.45) is 0 Å². The van der Waals surface area contributed by atoms with Crippen LogP contribution in [-0.2, 0) is 9.53 Å². The fourth-order valence-electron chi connectivity index (χ4n) is 1.73. The summed E-state index contributed by atoms with van der Waals surface area (Å²) in [6, 6.07) is 5.35. The van der Waals surface area contributed by atoms with E-state index in [1.807, 2.05) is 13.0 Å². The molecule has 0 aromatic heterocycles. The van der Waals surface area contributed by atoms with Crippen LogP contribution in [0.5, 0.6) is 5.75 Å². The third kappa shape index (κ3) is 4.31. The Hall–Kier alpha value is -1.07. The van der Waals surface area contributed by atoms with E-state index in [2.05, 4.69) is 26.0 Å². The van der Waals surface area contributed by atoms with Gasteiger partial charge in [-0.3, -0.25) is 4.79 Å². The minimum absolute atomic E-state index is 0.0205. The van der Waals surface area contributed by atoms with Gasteiger partial charge in [-0.1, -0.05) is 22.9 Å². The van der Waals surface area contributed by atoms with Crippen LogP contribution in [0.3, 0.4) is 0 Å². The number of carbonyl (C=O) groups excluding carboxylic acids is 1. The lowest BCUT2D eigenvalue weighted by Crippen LogP contribution is -2.24. The fraction of sp³-hybridized carbons (Fsp3) is 0.462. The van der Waals surface area contributed by atoms with Crippen LogP contribution >= 0.6 is 15.9 Å². The van der Waals surface area contributed by atoms with Gasteiger partial charge in [0, 0.05) is 22.6 Å². The minimum Gasteiger partial charge on any atom is -0.508 e. The number of benzene rings is 1. The molecule has 0 heterocycles. The second-order valence-electron chi connectivity index (χ2n) is 3.94. The van der Waals surface area contributed by atoms with E-state index in [0.717, 1.165) is 16.5 Å². The zero-order valence-corrected chi connectivity index (χ0v) is 12.2. The van der Waals surface area contributed by atoms with Crippen molar-refractivity contribution in [3.63, 3.8) is 0 Å². The van der Waals surface area contributed by atoms with Gasteiger partial charge in [0.1, 0.15) is 5.75 Å². The molecule has 0 saturated heterocycles. The van der Waals surface area contributed by atoms with Crippen LogP contribution in [0, 0.1) is 0 Å². The fourth-order valence-corrected chi connectivity index (χ4v) is 2.11. The quantitative estimate of drug-likeness (QED) is 0.792. The molecule has 2 N–H and O–H groups in total. The minimum atomic E-state index is -0.240. The maximum absolute atomic E-state index is 11.0. The highest BCUT2D eigenvalue weighted by molar-refractivity contribution is 9.10. The molecule has 0 spiro atoms. The first-order valence-electron chi connectivity index (χ1n) is 5.87. The predicted molar refractivity (Wildman–Crippen MR) is 73.5 cm³/mol. The summed E-state index contributed by atoms with van der Waals surface area (Å²) in [6.07, 6.45) is 1.15. The van der Waals surface area contributed by atoms with E-state index in [1.54, 1.807) is 12.1 Å². The van der Waals surface area contributed by atoms with Crippen molar-refractivity contribution in [3.8, 4) is 5.75 Å². The van der Waals surface area contributed by atoms with Gasteiger partial charge in [-0.05, 0) is 24.6 Å². The number of hydrogen-bond donors (Lipinski definition) is 2. The highest BCUT2D eigenvalue weighted by Gasteiger charge is 2.14. The number of carbonyl (C=O) groups is 1. The van der Waals surface area contributed by atoms with E-state index in [1.165, 1.54) is 7.11 Å². The lowest BCUT2D eigenvalue weighted by atomic mass is 10.0. The van der Waals surface area contributed by atoms with E-state index in [-0.39, 0.29) is 17.8 Å². The topological polar surface area (TPSA) is 58.6 Å². The summed E-state index contributed by atoms with van der Waals surface area (Å²) < 4.78 is 5.50. The highest BCUT2D eigenvalue weighted by Crippen LogP contribution is 2.29. The molecule has 100 valence electrons. The van der Waals surface area contributed by atoms with Gasteiger partial charge in [0.05, 0.1) is 13.5 Å². The van der Waals surface area contributed by atoms with E-state index >= 15 is 0 Å². The van der Waals surface area contributed by atoms with Gasteiger partial charge in [-0.15, -0.1) is 0 Å². The Bertz CT molecular complexity index is 409. The number of esters is 1. The van der Waals surface area contributed by atoms with E-state index in [0.29, 0.717) is 13.0 Å². The molecule has 0 radical (unpaired) electrons. The molecule has 0 saturated carbocycles. The van der Waals surface area contributed by atoms with Crippen LogP contribution in [-0.4, -0.2) is 24.7 Å². The van der Waals surface area contributed by atoms with Gasteiger partial charge in [-0.25, -0.2) is 0 Å². The lowest BCUT2D eigenvalue weighted by molar-refractivity contribution is -0.140. The van der Waals surface area contributed by atoms with Gasteiger partial charge in [0.25, 0.3) is 0 Å². The molecule has 0 aliphatic heterocycles. The number of nitrogens with one attached hydrogen (secondary N) is 1. The second-order valence-corrected chi connectivity index (χ2v) is 4.86. The summed E-state index contributed by atoms with van der Waals surface area (Å²) in [5.74, 6) is 0.0198. The third-order valence-electron chi connectivity index (χ3n) is 2.72. The van der Waals surface area contributed by atoms with Crippen LogP contribution in [0.2, 0.25) is 0 Å². The van der Waals surface area contributed by atoms with E-state index < -0.39 is 0 Å². The molecule has 0 amide bonds. The van der Waals surface area contributed by atoms with Gasteiger partial charge < -0.3 is 15.2 Å². The Morgan fingerprint density at radius 2 is 2.28 bits per heavy atom. The maximum atomic E-state index is 11.0. The van der Waals surface area contributed by atoms with Crippen molar-refractivity contribution in [1.82, 2.24) is 5.32 Å². The molecule has 0 aliphatic carbocycles. The summed E-state index contributed by atoms with van der Waals surface area (Å²) in [7, 11) is 1.37. The van der Waals surface area contributed by atoms with Gasteiger partial charge in [-0.2, -0.15) is 0 Å². The summed E-state index contributed by atoms with van der Waals surface area (Å²) in [5, 5.41) is 13.1. The molecule has 1 rings (SSSR count).